The fraction of sp³-hybridized carbons (Fsp3) is 0.412. The van der Waals surface area contributed by atoms with Gasteiger partial charge in [-0.05, 0) is 50.8 Å². The summed E-state index contributed by atoms with van der Waals surface area (Å²) in [5.74, 6) is -0.775. The zero-order chi connectivity index (χ0) is 18.2. The molecule has 0 spiro atoms. The number of rotatable bonds is 4. The molecule has 1 aliphatic rings. The molecule has 0 unspecified atom stereocenters. The molecule has 25 heavy (non-hydrogen) atoms. The highest BCUT2D eigenvalue weighted by Gasteiger charge is 2.38. The molecular weight excluding hydrogens is 344 g/mol. The molecule has 0 amide bonds. The normalized spacial score (nSPS) is 19.0. The summed E-state index contributed by atoms with van der Waals surface area (Å²) in [6.45, 7) is 3.68. The number of carboxylic acids is 1. The van der Waals surface area contributed by atoms with Crippen LogP contribution in [0.1, 0.15) is 30.5 Å². The minimum absolute atomic E-state index is 0.0917. The first-order valence-corrected chi connectivity index (χ1v) is 9.52. The zero-order valence-electron chi connectivity index (χ0n) is 14.1. The molecule has 0 aliphatic carbocycles. The van der Waals surface area contributed by atoms with Gasteiger partial charge in [-0.15, -0.1) is 0 Å². The van der Waals surface area contributed by atoms with Crippen molar-refractivity contribution in [3.05, 3.63) is 35.7 Å². The van der Waals surface area contributed by atoms with E-state index in [1.165, 1.54) is 12.3 Å². The summed E-state index contributed by atoms with van der Waals surface area (Å²) in [6, 6.07) is 3.90. The number of carbonyl (C=O) groups is 1. The number of sulfonamides is 1. The van der Waals surface area contributed by atoms with E-state index in [2.05, 4.69) is 4.98 Å². The standard InChI is InChI=1S/C17H20N2O5S/c1-11-6-7-13(16-18-12(2)10-24-16)9-15(11)25(22,23)19-8-4-3-5-14(19)17(20)21/h6-7,9-10,14H,3-5,8H2,1-2H3,(H,20,21)/t14-/m0/s1. The molecule has 1 aliphatic heterocycles. The summed E-state index contributed by atoms with van der Waals surface area (Å²) in [6.07, 6.45) is 3.18. The van der Waals surface area contributed by atoms with Crippen molar-refractivity contribution in [2.24, 2.45) is 0 Å². The molecule has 2 heterocycles. The number of aromatic nitrogens is 1. The fourth-order valence-electron chi connectivity index (χ4n) is 3.06. The molecule has 3 rings (SSSR count). The smallest absolute Gasteiger partial charge is 0.322 e. The van der Waals surface area contributed by atoms with Gasteiger partial charge in [0, 0.05) is 12.1 Å². The predicted molar refractivity (Wildman–Crippen MR) is 90.6 cm³/mol. The molecule has 8 heteroatoms. The number of hydrogen-bond donors (Lipinski definition) is 1. The number of aryl methyl sites for hydroxylation is 2. The third-order valence-electron chi connectivity index (χ3n) is 4.38. The summed E-state index contributed by atoms with van der Waals surface area (Å²) in [5.41, 5.74) is 1.80. The largest absolute Gasteiger partial charge is 0.480 e. The van der Waals surface area contributed by atoms with Gasteiger partial charge in [0.2, 0.25) is 15.9 Å². The van der Waals surface area contributed by atoms with Crippen LogP contribution in [0.3, 0.4) is 0 Å². The van der Waals surface area contributed by atoms with E-state index in [0.29, 0.717) is 42.0 Å². The number of oxazole rings is 1. The van der Waals surface area contributed by atoms with Crippen molar-refractivity contribution in [1.82, 2.24) is 9.29 Å². The van der Waals surface area contributed by atoms with Crippen LogP contribution in [0.15, 0.2) is 33.8 Å². The summed E-state index contributed by atoms with van der Waals surface area (Å²) in [7, 11) is -3.93. The Morgan fingerprint density at radius 1 is 1.32 bits per heavy atom. The molecule has 1 aromatic heterocycles. The van der Waals surface area contributed by atoms with Gasteiger partial charge in [0.1, 0.15) is 12.3 Å². The third kappa shape index (κ3) is 3.32. The molecule has 1 aromatic carbocycles. The Bertz CT molecular complexity index is 904. The Kier molecular flexibility index (Phi) is 4.66. The molecule has 7 nitrogen and oxygen atoms in total. The van der Waals surface area contributed by atoms with Crippen molar-refractivity contribution in [3.8, 4) is 11.5 Å². The van der Waals surface area contributed by atoms with Crippen LogP contribution in [0.2, 0.25) is 0 Å². The van der Waals surface area contributed by atoms with Crippen molar-refractivity contribution in [3.63, 3.8) is 0 Å². The van der Waals surface area contributed by atoms with Gasteiger partial charge in [-0.3, -0.25) is 4.79 Å². The second-order valence-electron chi connectivity index (χ2n) is 6.24. The topological polar surface area (TPSA) is 101 Å². The summed E-state index contributed by atoms with van der Waals surface area (Å²) >= 11 is 0. The van der Waals surface area contributed by atoms with Crippen molar-refractivity contribution in [1.29, 1.82) is 0 Å². The fourth-order valence-corrected chi connectivity index (χ4v) is 4.97. The average Bonchev–Trinajstić information content (AvgIpc) is 3.01. The van der Waals surface area contributed by atoms with E-state index >= 15 is 0 Å². The molecule has 1 saturated heterocycles. The number of aliphatic carboxylic acids is 1. The first kappa shape index (κ1) is 17.6. The molecular formula is C17H20N2O5S. The first-order valence-electron chi connectivity index (χ1n) is 8.08. The van der Waals surface area contributed by atoms with Gasteiger partial charge in [-0.25, -0.2) is 13.4 Å². The molecule has 2 aromatic rings. The minimum Gasteiger partial charge on any atom is -0.480 e. The van der Waals surface area contributed by atoms with Gasteiger partial charge >= 0.3 is 5.97 Å². The van der Waals surface area contributed by atoms with Crippen LogP contribution in [0.5, 0.6) is 0 Å². The molecule has 1 atom stereocenters. The van der Waals surface area contributed by atoms with Crippen molar-refractivity contribution in [2.75, 3.05) is 6.54 Å². The van der Waals surface area contributed by atoms with E-state index < -0.39 is 22.0 Å². The van der Waals surface area contributed by atoms with E-state index in [9.17, 15) is 18.3 Å². The number of carboxylic acid groups (broad SMARTS) is 1. The second kappa shape index (κ2) is 6.61. The van der Waals surface area contributed by atoms with Crippen molar-refractivity contribution >= 4 is 16.0 Å². The van der Waals surface area contributed by atoms with Gasteiger partial charge in [-0.1, -0.05) is 6.07 Å². The highest BCUT2D eigenvalue weighted by Crippen LogP contribution is 2.30. The van der Waals surface area contributed by atoms with Gasteiger partial charge < -0.3 is 9.52 Å². The van der Waals surface area contributed by atoms with Crippen LogP contribution in [-0.2, 0) is 14.8 Å². The molecule has 0 bridgehead atoms. The summed E-state index contributed by atoms with van der Waals surface area (Å²) in [4.78, 5) is 15.8. The molecule has 0 saturated carbocycles. The Morgan fingerprint density at radius 2 is 2.08 bits per heavy atom. The van der Waals surface area contributed by atoms with Gasteiger partial charge in [-0.2, -0.15) is 4.31 Å². The van der Waals surface area contributed by atoms with Crippen LogP contribution in [0, 0.1) is 13.8 Å². The van der Waals surface area contributed by atoms with E-state index in [4.69, 9.17) is 4.42 Å². The van der Waals surface area contributed by atoms with E-state index in [1.807, 2.05) is 0 Å². The maximum absolute atomic E-state index is 13.1. The van der Waals surface area contributed by atoms with Crippen molar-refractivity contribution in [2.45, 2.75) is 44.0 Å². The van der Waals surface area contributed by atoms with Crippen LogP contribution in [0.25, 0.3) is 11.5 Å². The maximum Gasteiger partial charge on any atom is 0.322 e. The van der Waals surface area contributed by atoms with Crippen LogP contribution in [0.4, 0.5) is 0 Å². The molecule has 1 N–H and O–H groups in total. The Balaban J connectivity index is 2.06. The highest BCUT2D eigenvalue weighted by atomic mass is 32.2. The van der Waals surface area contributed by atoms with Crippen LogP contribution in [-0.4, -0.2) is 41.4 Å². The monoisotopic (exact) mass is 364 g/mol. The van der Waals surface area contributed by atoms with Crippen molar-refractivity contribution < 1.29 is 22.7 Å². The number of nitrogens with zero attached hydrogens (tertiary/aromatic N) is 2. The molecule has 0 radical (unpaired) electrons. The zero-order valence-corrected chi connectivity index (χ0v) is 14.9. The Hall–Kier alpha value is -2.19. The lowest BCUT2D eigenvalue weighted by Crippen LogP contribution is -2.47. The number of piperidine rings is 1. The average molecular weight is 364 g/mol. The Morgan fingerprint density at radius 3 is 2.72 bits per heavy atom. The number of hydrogen-bond acceptors (Lipinski definition) is 5. The lowest BCUT2D eigenvalue weighted by molar-refractivity contribution is -0.142. The number of benzene rings is 1. The second-order valence-corrected chi connectivity index (χ2v) is 8.10. The summed E-state index contributed by atoms with van der Waals surface area (Å²) < 4.78 is 32.7. The summed E-state index contributed by atoms with van der Waals surface area (Å²) in [5, 5.41) is 9.39. The molecule has 134 valence electrons. The van der Waals surface area contributed by atoms with Gasteiger partial charge in [0.05, 0.1) is 10.6 Å². The van der Waals surface area contributed by atoms with Crippen LogP contribution < -0.4 is 0 Å². The quantitative estimate of drug-likeness (QED) is 0.895. The highest BCUT2D eigenvalue weighted by molar-refractivity contribution is 7.89. The first-order chi connectivity index (χ1) is 11.8. The third-order valence-corrected chi connectivity index (χ3v) is 6.43. The van der Waals surface area contributed by atoms with E-state index in [-0.39, 0.29) is 11.4 Å². The predicted octanol–water partition coefficient (Wildman–Crippen LogP) is 2.59. The maximum atomic E-state index is 13.1. The van der Waals surface area contributed by atoms with E-state index in [1.54, 1.807) is 26.0 Å². The van der Waals surface area contributed by atoms with E-state index in [0.717, 1.165) is 4.31 Å². The SMILES string of the molecule is Cc1coc(-c2ccc(C)c(S(=O)(=O)N3CCCC[C@H]3C(=O)O)c2)n1. The lowest BCUT2D eigenvalue weighted by atomic mass is 10.1. The minimum atomic E-state index is -3.93. The lowest BCUT2D eigenvalue weighted by Gasteiger charge is -2.32. The Labute approximate surface area is 146 Å². The van der Waals surface area contributed by atoms with Crippen LogP contribution >= 0.6 is 0 Å². The van der Waals surface area contributed by atoms with Gasteiger partial charge in [0.15, 0.2) is 0 Å². The van der Waals surface area contributed by atoms with Gasteiger partial charge in [0.25, 0.3) is 0 Å². The molecule has 1 fully saturated rings.